The van der Waals surface area contributed by atoms with Crippen LogP contribution < -0.4 is 28.5 Å². The third-order valence-electron chi connectivity index (χ3n) is 2.29. The van der Waals surface area contributed by atoms with Crippen LogP contribution in [-0.2, 0) is 19.9 Å². The highest BCUT2D eigenvalue weighted by Crippen LogP contribution is 2.11. The predicted octanol–water partition coefficient (Wildman–Crippen LogP) is -0.638. The predicted molar refractivity (Wildman–Crippen MR) is 59.3 cm³/mol. The summed E-state index contributed by atoms with van der Waals surface area (Å²) in [5, 5.41) is 2.14. The van der Waals surface area contributed by atoms with Crippen LogP contribution in [-0.4, -0.2) is 0 Å². The summed E-state index contributed by atoms with van der Waals surface area (Å²) in [6.45, 7) is 0. The quantitative estimate of drug-likeness (QED) is 0.521. The van der Waals surface area contributed by atoms with Crippen LogP contribution in [0.4, 0.5) is 0 Å². The molecule has 0 aromatic carbocycles. The molecule has 15 heavy (non-hydrogen) atoms. The highest BCUT2D eigenvalue weighted by molar-refractivity contribution is 7.09. The Morgan fingerprint density at radius 3 is 2.47 bits per heavy atom. The van der Waals surface area contributed by atoms with Crippen LogP contribution in [0.15, 0.2) is 42.0 Å². The first-order valence-electron chi connectivity index (χ1n) is 4.81. The summed E-state index contributed by atoms with van der Waals surface area (Å²) in [6, 6.07) is 8.69. The maximum Gasteiger partial charge on any atom is 0.168 e. The molecular weight excluding hydrogens is 317 g/mol. The highest BCUT2D eigenvalue weighted by Gasteiger charge is 1.98. The third kappa shape index (κ3) is 3.91. The van der Waals surface area contributed by atoms with Crippen LogP contribution in [0.25, 0.3) is 0 Å². The average molecular weight is 331 g/mol. The monoisotopic (exact) mass is 331 g/mol. The fourth-order valence-corrected chi connectivity index (χ4v) is 2.13. The normalized spacial score (nSPS) is 9.67. The molecule has 0 fully saturated rings. The number of aromatic nitrogens is 1. The summed E-state index contributed by atoms with van der Waals surface area (Å²) in [6.07, 6.45) is 6.50. The first-order chi connectivity index (χ1) is 6.84. The molecule has 0 spiro atoms. The molecule has 0 saturated carbocycles. The van der Waals surface area contributed by atoms with Gasteiger partial charge in [-0.2, -0.15) is 0 Å². The number of thiophene rings is 1. The highest BCUT2D eigenvalue weighted by atomic mass is 127. The second kappa shape index (κ2) is 6.23. The molecule has 0 bridgehead atoms. The van der Waals surface area contributed by atoms with Crippen molar-refractivity contribution >= 4 is 11.3 Å². The van der Waals surface area contributed by atoms with E-state index in [1.54, 1.807) is 0 Å². The molecule has 0 unspecified atom stereocenters. The number of aryl methyl sites for hydroxylation is 3. The zero-order valence-corrected chi connectivity index (χ0v) is 11.7. The van der Waals surface area contributed by atoms with Crippen LogP contribution in [0.2, 0.25) is 0 Å². The van der Waals surface area contributed by atoms with Gasteiger partial charge >= 0.3 is 0 Å². The van der Waals surface area contributed by atoms with Crippen molar-refractivity contribution in [2.45, 2.75) is 12.8 Å². The molecule has 0 aliphatic heterocycles. The lowest BCUT2D eigenvalue weighted by Crippen LogP contribution is -3.00. The Kier molecular flexibility index (Phi) is 5.25. The number of rotatable bonds is 3. The largest absolute Gasteiger partial charge is 1.00 e. The summed E-state index contributed by atoms with van der Waals surface area (Å²) in [4.78, 5) is 1.47. The third-order valence-corrected chi connectivity index (χ3v) is 3.22. The van der Waals surface area contributed by atoms with Gasteiger partial charge in [-0.25, -0.2) is 4.57 Å². The fourth-order valence-electron chi connectivity index (χ4n) is 1.42. The van der Waals surface area contributed by atoms with Crippen molar-refractivity contribution in [2.75, 3.05) is 0 Å². The first-order valence-corrected chi connectivity index (χ1v) is 5.69. The van der Waals surface area contributed by atoms with Crippen molar-refractivity contribution in [3.63, 3.8) is 0 Å². The van der Waals surface area contributed by atoms with E-state index in [1.807, 2.05) is 18.4 Å². The van der Waals surface area contributed by atoms with Crippen molar-refractivity contribution in [3.8, 4) is 0 Å². The molecule has 1 nitrogen and oxygen atoms in total. The van der Waals surface area contributed by atoms with E-state index in [-0.39, 0.29) is 24.0 Å². The second-order valence-electron chi connectivity index (χ2n) is 3.45. The molecule has 2 rings (SSSR count). The maximum absolute atomic E-state index is 2.20. The fraction of sp³-hybridized carbons (Fsp3) is 0.250. The molecule has 0 radical (unpaired) electrons. The minimum Gasteiger partial charge on any atom is -1.00 e. The van der Waals surface area contributed by atoms with Crippen LogP contribution in [0.5, 0.6) is 0 Å². The Bertz CT molecular complexity index is 381. The second-order valence-corrected chi connectivity index (χ2v) is 4.48. The molecular formula is C12H14INS. The van der Waals surface area contributed by atoms with Gasteiger partial charge in [-0.05, 0) is 29.9 Å². The van der Waals surface area contributed by atoms with E-state index < -0.39 is 0 Å². The average Bonchev–Trinajstić information content (AvgIpc) is 2.70. The van der Waals surface area contributed by atoms with Crippen molar-refractivity contribution in [1.29, 1.82) is 0 Å². The molecule has 0 atom stereocenters. The number of nitrogens with zero attached hydrogens (tertiary/aromatic N) is 1. The van der Waals surface area contributed by atoms with Crippen molar-refractivity contribution in [2.24, 2.45) is 7.05 Å². The topological polar surface area (TPSA) is 3.88 Å². The van der Waals surface area contributed by atoms with E-state index in [1.165, 1.54) is 10.4 Å². The Morgan fingerprint density at radius 1 is 1.13 bits per heavy atom. The van der Waals surface area contributed by atoms with Gasteiger partial charge in [0.2, 0.25) is 0 Å². The molecule has 3 heteroatoms. The Morgan fingerprint density at radius 2 is 1.87 bits per heavy atom. The Hall–Kier alpha value is -0.420. The zero-order chi connectivity index (χ0) is 9.80. The SMILES string of the molecule is C[n+]1ccc(CCc2cccs2)cc1.[I-]. The minimum atomic E-state index is 0. The summed E-state index contributed by atoms with van der Waals surface area (Å²) >= 11 is 1.84. The van der Waals surface area contributed by atoms with Crippen LogP contribution in [0.1, 0.15) is 10.4 Å². The number of hydrogen-bond donors (Lipinski definition) is 0. The molecule has 2 heterocycles. The molecule has 0 amide bonds. The number of pyridine rings is 1. The van der Waals surface area contributed by atoms with Crippen LogP contribution >= 0.6 is 11.3 Å². The molecule has 0 aliphatic rings. The number of halogens is 1. The van der Waals surface area contributed by atoms with Crippen molar-refractivity contribution in [3.05, 3.63) is 52.5 Å². The van der Waals surface area contributed by atoms with E-state index >= 15 is 0 Å². The maximum atomic E-state index is 2.20. The molecule has 0 aliphatic carbocycles. The molecule has 80 valence electrons. The number of hydrogen-bond acceptors (Lipinski definition) is 1. The lowest BCUT2D eigenvalue weighted by Gasteiger charge is -1.97. The summed E-state index contributed by atoms with van der Waals surface area (Å²) in [5.74, 6) is 0. The molecule has 2 aromatic heterocycles. The summed E-state index contributed by atoms with van der Waals surface area (Å²) in [7, 11) is 2.04. The van der Waals surface area contributed by atoms with Gasteiger partial charge in [-0.15, -0.1) is 11.3 Å². The van der Waals surface area contributed by atoms with E-state index in [0.29, 0.717) is 0 Å². The molecule has 0 saturated heterocycles. The van der Waals surface area contributed by atoms with Crippen LogP contribution in [0, 0.1) is 0 Å². The van der Waals surface area contributed by atoms with E-state index in [9.17, 15) is 0 Å². The van der Waals surface area contributed by atoms with E-state index in [0.717, 1.165) is 12.8 Å². The van der Waals surface area contributed by atoms with Crippen LogP contribution in [0.3, 0.4) is 0 Å². The Labute approximate surface area is 112 Å². The van der Waals surface area contributed by atoms with Gasteiger partial charge < -0.3 is 24.0 Å². The van der Waals surface area contributed by atoms with Gasteiger partial charge in [0, 0.05) is 17.0 Å². The standard InChI is InChI=1S/C12H14NS.HI/c1-13-8-6-11(7-9-13)4-5-12-3-2-10-14-12;/h2-3,6-10H,4-5H2,1H3;1H/q+1;/p-1. The first kappa shape index (κ1) is 12.6. The smallest absolute Gasteiger partial charge is 0.168 e. The summed E-state index contributed by atoms with van der Waals surface area (Å²) in [5.41, 5.74) is 1.41. The lowest BCUT2D eigenvalue weighted by atomic mass is 10.1. The van der Waals surface area contributed by atoms with Gasteiger partial charge in [0.1, 0.15) is 7.05 Å². The lowest BCUT2D eigenvalue weighted by molar-refractivity contribution is -0.671. The van der Waals surface area contributed by atoms with E-state index in [4.69, 9.17) is 0 Å². The van der Waals surface area contributed by atoms with Gasteiger partial charge in [-0.3, -0.25) is 0 Å². The zero-order valence-electron chi connectivity index (χ0n) is 8.69. The van der Waals surface area contributed by atoms with Gasteiger partial charge in [0.25, 0.3) is 0 Å². The minimum absolute atomic E-state index is 0. The molecule has 2 aromatic rings. The van der Waals surface area contributed by atoms with E-state index in [2.05, 4.69) is 46.6 Å². The molecule has 0 N–H and O–H groups in total. The van der Waals surface area contributed by atoms with Crippen molar-refractivity contribution in [1.82, 2.24) is 0 Å². The Balaban J connectivity index is 0.00000112. The summed E-state index contributed by atoms with van der Waals surface area (Å²) < 4.78 is 2.06. The van der Waals surface area contributed by atoms with Crippen molar-refractivity contribution < 1.29 is 28.5 Å². The van der Waals surface area contributed by atoms with Gasteiger partial charge in [0.15, 0.2) is 12.4 Å². The van der Waals surface area contributed by atoms with Gasteiger partial charge in [-0.1, -0.05) is 6.07 Å². The van der Waals surface area contributed by atoms with Gasteiger partial charge in [0.05, 0.1) is 0 Å².